The van der Waals surface area contributed by atoms with E-state index in [0.29, 0.717) is 13.0 Å². The Balaban J connectivity index is 1.17. The fraction of sp³-hybridized carbons (Fsp3) is 0.558. The number of para-hydroxylation sites is 1. The molecule has 0 atom stereocenters. The number of unbranched alkanes of at least 4 members (excludes halogenated alkanes) is 2. The lowest BCUT2D eigenvalue weighted by atomic mass is 9.96. The van der Waals surface area contributed by atoms with Crippen LogP contribution in [0.5, 0.6) is 0 Å². The van der Waals surface area contributed by atoms with E-state index in [0.717, 1.165) is 113 Å². The number of likely N-dealkylation sites (N-methyl/N-ethyl adjacent to an activating group) is 1. The van der Waals surface area contributed by atoms with Gasteiger partial charge in [-0.25, -0.2) is 4.79 Å². The molecule has 0 bridgehead atoms. The van der Waals surface area contributed by atoms with Crippen molar-refractivity contribution in [3.63, 3.8) is 0 Å². The molecule has 0 aliphatic carbocycles. The van der Waals surface area contributed by atoms with Gasteiger partial charge in [0.2, 0.25) is 5.91 Å². The summed E-state index contributed by atoms with van der Waals surface area (Å²) in [6.45, 7) is 14.2. The van der Waals surface area contributed by atoms with Gasteiger partial charge in [0.1, 0.15) is 0 Å². The maximum absolute atomic E-state index is 13.0. The number of anilines is 1. The molecule has 4 rings (SSSR count). The van der Waals surface area contributed by atoms with E-state index in [-0.39, 0.29) is 23.3 Å². The van der Waals surface area contributed by atoms with Gasteiger partial charge in [-0.2, -0.15) is 0 Å². The number of carbonyl (C=O) groups is 3. The van der Waals surface area contributed by atoms with Crippen molar-refractivity contribution in [1.29, 1.82) is 0 Å². The van der Waals surface area contributed by atoms with E-state index < -0.39 is 6.09 Å². The zero-order chi connectivity index (χ0) is 39.1. The van der Waals surface area contributed by atoms with E-state index in [9.17, 15) is 19.5 Å². The lowest BCUT2D eigenvalue weighted by molar-refractivity contribution is -0.130. The summed E-state index contributed by atoms with van der Waals surface area (Å²) >= 11 is 1.60. The van der Waals surface area contributed by atoms with Crippen molar-refractivity contribution in [2.45, 2.75) is 78.3 Å². The number of amides is 3. The summed E-state index contributed by atoms with van der Waals surface area (Å²) in [4.78, 5) is 50.6. The average Bonchev–Trinajstić information content (AvgIpc) is 3.62. The third-order valence-electron chi connectivity index (χ3n) is 10.1. The first-order valence-corrected chi connectivity index (χ1v) is 20.5. The number of rotatable bonds is 20. The Bertz CT molecular complexity index is 1600. The van der Waals surface area contributed by atoms with Gasteiger partial charge in [0.15, 0.2) is 0 Å². The van der Waals surface area contributed by atoms with E-state index >= 15 is 0 Å². The maximum atomic E-state index is 13.0. The van der Waals surface area contributed by atoms with Crippen LogP contribution in [0.15, 0.2) is 66.7 Å². The Hall–Kier alpha value is -3.77. The number of benzene rings is 2. The SMILES string of the molecule is CNCCCN(C)C(=O)c1ccc(CN(CCCCCC(=O)N(C)CCN2CCC(N(C(=O)O)c3ccccc3-c3ccccc3)CC2)CC(C)(C)C)s1. The van der Waals surface area contributed by atoms with E-state index in [2.05, 4.69) is 42.0 Å². The van der Waals surface area contributed by atoms with Crippen LogP contribution >= 0.6 is 11.3 Å². The number of carboxylic acid groups (broad SMARTS) is 1. The Morgan fingerprint density at radius 3 is 2.24 bits per heavy atom. The van der Waals surface area contributed by atoms with Crippen LogP contribution in [0.25, 0.3) is 11.1 Å². The van der Waals surface area contributed by atoms with Crippen LogP contribution in [0, 0.1) is 5.41 Å². The van der Waals surface area contributed by atoms with Crippen LogP contribution in [-0.2, 0) is 11.3 Å². The number of hydrogen-bond acceptors (Lipinski definition) is 7. The molecule has 2 N–H and O–H groups in total. The standard InChI is InChI=1S/C43H64N6O4S/c1-43(2,3)33-48(32-36-21-22-39(54-36)41(51)46(6)26-15-25-44-4)27-14-8-11-20-40(50)45(5)30-31-47-28-23-35(24-29-47)49(42(52)53)38-19-13-12-18-37(38)34-16-9-7-10-17-34/h7,9-10,12-13,16-19,21-22,35,44H,8,11,14-15,20,23-33H2,1-6H3,(H,52,53). The van der Waals surface area contributed by atoms with Crippen LogP contribution in [0.1, 0.15) is 80.3 Å². The van der Waals surface area contributed by atoms with Crippen LogP contribution < -0.4 is 10.2 Å². The highest BCUT2D eigenvalue weighted by molar-refractivity contribution is 7.14. The van der Waals surface area contributed by atoms with Crippen LogP contribution in [-0.4, -0.2) is 122 Å². The van der Waals surface area contributed by atoms with Crippen molar-refractivity contribution in [2.75, 3.05) is 78.4 Å². The van der Waals surface area contributed by atoms with E-state index in [4.69, 9.17) is 0 Å². The molecule has 1 aliphatic rings. The van der Waals surface area contributed by atoms with Crippen LogP contribution in [0.3, 0.4) is 0 Å². The van der Waals surface area contributed by atoms with E-state index in [1.165, 1.54) is 4.88 Å². The molecule has 0 saturated carbocycles. The van der Waals surface area contributed by atoms with Gasteiger partial charge in [0.25, 0.3) is 5.91 Å². The largest absolute Gasteiger partial charge is 0.465 e. The van der Waals surface area contributed by atoms with Crippen molar-refractivity contribution in [2.24, 2.45) is 5.41 Å². The Kier molecular flexibility index (Phi) is 17.0. The summed E-state index contributed by atoms with van der Waals surface area (Å²) in [6.07, 6.45) is 4.94. The molecule has 10 nitrogen and oxygen atoms in total. The highest BCUT2D eigenvalue weighted by Gasteiger charge is 2.31. The average molecular weight is 761 g/mol. The molecule has 54 heavy (non-hydrogen) atoms. The lowest BCUT2D eigenvalue weighted by Gasteiger charge is -2.38. The second-order valence-corrected chi connectivity index (χ2v) is 17.1. The van der Waals surface area contributed by atoms with Gasteiger partial charge >= 0.3 is 6.09 Å². The smallest absolute Gasteiger partial charge is 0.412 e. The summed E-state index contributed by atoms with van der Waals surface area (Å²) < 4.78 is 0. The molecule has 1 aliphatic heterocycles. The Labute approximate surface area is 328 Å². The first-order valence-electron chi connectivity index (χ1n) is 19.7. The summed E-state index contributed by atoms with van der Waals surface area (Å²) in [5.74, 6) is 0.269. The van der Waals surface area contributed by atoms with Crippen molar-refractivity contribution >= 4 is 34.9 Å². The third-order valence-corrected chi connectivity index (χ3v) is 11.2. The quantitative estimate of drug-likeness (QED) is 0.114. The van der Waals surface area contributed by atoms with Gasteiger partial charge in [-0.05, 0) is 81.4 Å². The molecule has 1 aromatic heterocycles. The first kappa shape index (κ1) is 43.0. The minimum absolute atomic E-state index is 0.0904. The molecule has 11 heteroatoms. The topological polar surface area (TPSA) is 99.7 Å². The maximum Gasteiger partial charge on any atom is 0.412 e. The fourth-order valence-electron chi connectivity index (χ4n) is 7.26. The van der Waals surface area contributed by atoms with E-state index in [1.807, 2.05) is 91.6 Å². The Morgan fingerprint density at radius 2 is 1.56 bits per heavy atom. The molecular formula is C43H64N6O4S. The molecule has 2 heterocycles. The molecule has 296 valence electrons. The van der Waals surface area contributed by atoms with Crippen molar-refractivity contribution in [3.05, 3.63) is 76.5 Å². The van der Waals surface area contributed by atoms with Crippen LogP contribution in [0.4, 0.5) is 10.5 Å². The number of nitrogens with one attached hydrogen (secondary N) is 1. The molecule has 3 amide bonds. The fourth-order valence-corrected chi connectivity index (χ4v) is 8.31. The number of nitrogens with zero attached hydrogens (tertiary/aromatic N) is 5. The summed E-state index contributed by atoms with van der Waals surface area (Å²) in [7, 11) is 5.70. The zero-order valence-corrected chi connectivity index (χ0v) is 34.4. The van der Waals surface area contributed by atoms with Crippen molar-refractivity contribution in [1.82, 2.24) is 24.9 Å². The minimum Gasteiger partial charge on any atom is -0.465 e. The van der Waals surface area contributed by atoms with Gasteiger partial charge in [0.05, 0.1) is 10.6 Å². The zero-order valence-electron chi connectivity index (χ0n) is 33.6. The monoisotopic (exact) mass is 760 g/mol. The second-order valence-electron chi connectivity index (χ2n) is 16.0. The van der Waals surface area contributed by atoms with Crippen LogP contribution in [0.2, 0.25) is 0 Å². The molecule has 0 unspecified atom stereocenters. The lowest BCUT2D eigenvalue weighted by Crippen LogP contribution is -2.48. The molecule has 1 saturated heterocycles. The third kappa shape index (κ3) is 13.5. The van der Waals surface area contributed by atoms with Gasteiger partial charge < -0.3 is 25.1 Å². The van der Waals surface area contributed by atoms with Gasteiger partial charge in [0, 0.05) is 82.8 Å². The van der Waals surface area contributed by atoms with Gasteiger partial charge in [-0.1, -0.05) is 75.7 Å². The first-order chi connectivity index (χ1) is 25.9. The second kappa shape index (κ2) is 21.4. The molecule has 1 fully saturated rings. The summed E-state index contributed by atoms with van der Waals surface area (Å²) in [5, 5.41) is 13.4. The number of likely N-dealkylation sites (tertiary alicyclic amines) is 1. The molecule has 3 aromatic rings. The highest BCUT2D eigenvalue weighted by atomic mass is 32.1. The normalized spacial score (nSPS) is 14.0. The van der Waals surface area contributed by atoms with Crippen molar-refractivity contribution < 1.29 is 19.5 Å². The summed E-state index contributed by atoms with van der Waals surface area (Å²) in [5.41, 5.74) is 2.81. The summed E-state index contributed by atoms with van der Waals surface area (Å²) in [6, 6.07) is 21.7. The molecular weight excluding hydrogens is 697 g/mol. The number of thiophene rings is 1. The predicted molar refractivity (Wildman–Crippen MR) is 223 cm³/mol. The minimum atomic E-state index is -0.923. The number of hydrogen-bond donors (Lipinski definition) is 2. The van der Waals surface area contributed by atoms with Crippen molar-refractivity contribution in [3.8, 4) is 11.1 Å². The number of piperidine rings is 1. The van der Waals surface area contributed by atoms with E-state index in [1.54, 1.807) is 16.2 Å². The molecule has 0 radical (unpaired) electrons. The predicted octanol–water partition coefficient (Wildman–Crippen LogP) is 7.61. The highest BCUT2D eigenvalue weighted by Crippen LogP contribution is 2.34. The molecule has 0 spiro atoms. The number of carbonyl (C=O) groups excluding carboxylic acids is 2. The molecule has 2 aromatic carbocycles. The van der Waals surface area contributed by atoms with Gasteiger partial charge in [-0.15, -0.1) is 11.3 Å². The Morgan fingerprint density at radius 1 is 0.852 bits per heavy atom. The van der Waals surface area contributed by atoms with Gasteiger partial charge in [-0.3, -0.25) is 19.4 Å².